The second-order valence-corrected chi connectivity index (χ2v) is 8.18. The first kappa shape index (κ1) is 24.7. The molecule has 30 heavy (non-hydrogen) atoms. The molecule has 7 heteroatoms. The average molecular weight is 525 g/mol. The first-order valence-corrected chi connectivity index (χ1v) is 10.8. The highest BCUT2D eigenvalue weighted by Gasteiger charge is 2.23. The molecule has 6 nitrogen and oxygen atoms in total. The number of nitrogens with one attached hydrogen (secondary N) is 2. The van der Waals surface area contributed by atoms with Gasteiger partial charge in [-0.05, 0) is 44.2 Å². The third kappa shape index (κ3) is 6.97. The molecule has 0 atom stereocenters. The number of anilines is 1. The van der Waals surface area contributed by atoms with Crippen LogP contribution in [0.3, 0.4) is 0 Å². The van der Waals surface area contributed by atoms with Gasteiger partial charge in [0.25, 0.3) is 0 Å². The molecule has 2 N–H and O–H groups in total. The summed E-state index contributed by atoms with van der Waals surface area (Å²) in [4.78, 5) is 21.3. The molecule has 0 bridgehead atoms. The maximum absolute atomic E-state index is 12.6. The summed E-state index contributed by atoms with van der Waals surface area (Å²) in [6.45, 7) is 10.8. The number of carbonyl (C=O) groups is 1. The van der Waals surface area contributed by atoms with Crippen molar-refractivity contribution in [3.8, 4) is 0 Å². The number of hydrogen-bond donors (Lipinski definition) is 2. The molecule has 1 aromatic rings. The minimum Gasteiger partial charge on any atom is -0.356 e. The number of amides is 1. The number of para-hydroxylation sites is 1. The van der Waals surface area contributed by atoms with Crippen LogP contribution >= 0.6 is 24.0 Å². The van der Waals surface area contributed by atoms with Gasteiger partial charge in [0.05, 0.1) is 0 Å². The zero-order chi connectivity index (χ0) is 20.6. The molecule has 1 amide bonds. The van der Waals surface area contributed by atoms with Crippen LogP contribution < -0.4 is 15.5 Å². The number of carbonyl (C=O) groups excluding carboxylic acids is 1. The van der Waals surface area contributed by atoms with Crippen molar-refractivity contribution in [1.29, 1.82) is 0 Å². The molecule has 2 heterocycles. The molecule has 0 unspecified atom stereocenters. The molecule has 1 aromatic carbocycles. The molecule has 0 spiro atoms. The summed E-state index contributed by atoms with van der Waals surface area (Å²) in [5.74, 6) is 1.05. The number of piperidine rings is 1. The van der Waals surface area contributed by atoms with Crippen molar-refractivity contribution >= 4 is 41.5 Å². The lowest BCUT2D eigenvalue weighted by Crippen LogP contribution is -2.49. The SMILES string of the molecule is C=C(C)CN1CCC(NC(=NC)NCCCC(=O)N2CCc3ccccc32)CC1.I. The second-order valence-electron chi connectivity index (χ2n) is 8.18. The third-order valence-electron chi connectivity index (χ3n) is 5.69. The summed E-state index contributed by atoms with van der Waals surface area (Å²) >= 11 is 0. The van der Waals surface area contributed by atoms with Crippen molar-refractivity contribution in [3.05, 3.63) is 42.0 Å². The Morgan fingerprint density at radius 2 is 1.97 bits per heavy atom. The lowest BCUT2D eigenvalue weighted by Gasteiger charge is -2.33. The van der Waals surface area contributed by atoms with E-state index in [1.165, 1.54) is 11.1 Å². The van der Waals surface area contributed by atoms with Crippen LogP contribution in [-0.4, -0.2) is 62.6 Å². The minimum absolute atomic E-state index is 0. The van der Waals surface area contributed by atoms with Gasteiger partial charge in [0.2, 0.25) is 5.91 Å². The van der Waals surface area contributed by atoms with E-state index in [2.05, 4.69) is 40.1 Å². The highest BCUT2D eigenvalue weighted by molar-refractivity contribution is 14.0. The lowest BCUT2D eigenvalue weighted by molar-refractivity contribution is -0.118. The zero-order valence-corrected chi connectivity index (χ0v) is 20.7. The van der Waals surface area contributed by atoms with E-state index in [4.69, 9.17) is 0 Å². The van der Waals surface area contributed by atoms with Gasteiger partial charge in [-0.15, -0.1) is 24.0 Å². The number of aliphatic imine (C=N–C) groups is 1. The van der Waals surface area contributed by atoms with Gasteiger partial charge in [0.1, 0.15) is 0 Å². The summed E-state index contributed by atoms with van der Waals surface area (Å²) in [6, 6.07) is 8.66. The van der Waals surface area contributed by atoms with Crippen molar-refractivity contribution in [2.24, 2.45) is 4.99 Å². The van der Waals surface area contributed by atoms with Crippen molar-refractivity contribution in [2.75, 3.05) is 44.7 Å². The van der Waals surface area contributed by atoms with Crippen molar-refractivity contribution in [1.82, 2.24) is 15.5 Å². The fourth-order valence-corrected chi connectivity index (χ4v) is 4.18. The summed E-state index contributed by atoms with van der Waals surface area (Å²) < 4.78 is 0. The van der Waals surface area contributed by atoms with Crippen LogP contribution in [0.1, 0.15) is 38.2 Å². The maximum atomic E-state index is 12.6. The number of benzene rings is 1. The van der Waals surface area contributed by atoms with Gasteiger partial charge >= 0.3 is 0 Å². The van der Waals surface area contributed by atoms with E-state index >= 15 is 0 Å². The number of guanidine groups is 1. The maximum Gasteiger partial charge on any atom is 0.227 e. The number of fused-ring (bicyclic) bond motifs is 1. The smallest absolute Gasteiger partial charge is 0.227 e. The molecule has 2 aliphatic heterocycles. The van der Waals surface area contributed by atoms with E-state index in [-0.39, 0.29) is 29.9 Å². The molecular formula is C23H36IN5O. The summed E-state index contributed by atoms with van der Waals surface area (Å²) in [6.07, 6.45) is 4.54. The topological polar surface area (TPSA) is 60.0 Å². The molecular weight excluding hydrogens is 489 g/mol. The van der Waals surface area contributed by atoms with E-state index in [1.54, 1.807) is 7.05 Å². The largest absolute Gasteiger partial charge is 0.356 e. The first-order valence-electron chi connectivity index (χ1n) is 10.8. The standard InChI is InChI=1S/C23H35N5O.HI/c1-18(2)17-27-14-11-20(12-15-27)26-23(24-3)25-13-6-9-22(29)28-16-10-19-7-4-5-8-21(19)28;/h4-5,7-8,20H,1,6,9-17H2,2-3H3,(H2,24,25,26);1H. The Bertz CT molecular complexity index is 743. The number of halogens is 1. The first-order chi connectivity index (χ1) is 14.1. The Hall–Kier alpha value is -1.61. The highest BCUT2D eigenvalue weighted by atomic mass is 127. The van der Waals surface area contributed by atoms with Gasteiger partial charge in [-0.25, -0.2) is 0 Å². The van der Waals surface area contributed by atoms with E-state index in [0.29, 0.717) is 12.5 Å². The number of hydrogen-bond acceptors (Lipinski definition) is 3. The summed E-state index contributed by atoms with van der Waals surface area (Å²) in [5, 5.41) is 6.90. The Balaban J connectivity index is 0.00000320. The van der Waals surface area contributed by atoms with E-state index in [0.717, 1.165) is 70.1 Å². The number of rotatable bonds is 7. The van der Waals surface area contributed by atoms with E-state index in [1.807, 2.05) is 23.1 Å². The fraction of sp³-hybridized carbons (Fsp3) is 0.565. The van der Waals surface area contributed by atoms with Crippen molar-refractivity contribution in [3.63, 3.8) is 0 Å². The van der Waals surface area contributed by atoms with Gasteiger partial charge in [0, 0.05) is 57.9 Å². The summed E-state index contributed by atoms with van der Waals surface area (Å²) in [5.41, 5.74) is 3.58. The predicted octanol–water partition coefficient (Wildman–Crippen LogP) is 3.18. The summed E-state index contributed by atoms with van der Waals surface area (Å²) in [7, 11) is 1.80. The quantitative estimate of drug-likeness (QED) is 0.189. The minimum atomic E-state index is 0. The predicted molar refractivity (Wildman–Crippen MR) is 136 cm³/mol. The lowest BCUT2D eigenvalue weighted by atomic mass is 10.0. The molecule has 0 radical (unpaired) electrons. The molecule has 0 saturated carbocycles. The Morgan fingerprint density at radius 1 is 1.23 bits per heavy atom. The molecule has 0 aliphatic carbocycles. The van der Waals surface area contributed by atoms with Gasteiger partial charge < -0.3 is 15.5 Å². The normalized spacial score (nSPS) is 17.3. The Morgan fingerprint density at radius 3 is 2.67 bits per heavy atom. The van der Waals surface area contributed by atoms with E-state index in [9.17, 15) is 4.79 Å². The Labute approximate surface area is 198 Å². The van der Waals surface area contributed by atoms with Crippen molar-refractivity contribution in [2.45, 2.75) is 45.1 Å². The van der Waals surface area contributed by atoms with Crippen LogP contribution in [0.4, 0.5) is 5.69 Å². The van der Waals surface area contributed by atoms with E-state index < -0.39 is 0 Å². The monoisotopic (exact) mass is 525 g/mol. The van der Waals surface area contributed by atoms with Crippen LogP contribution in [0, 0.1) is 0 Å². The average Bonchev–Trinajstić information content (AvgIpc) is 3.15. The molecule has 166 valence electrons. The Kier molecular flexibility index (Phi) is 10.1. The number of likely N-dealkylation sites (tertiary alicyclic amines) is 1. The highest BCUT2D eigenvalue weighted by Crippen LogP contribution is 2.27. The van der Waals surface area contributed by atoms with Crippen LogP contribution in [0.15, 0.2) is 41.4 Å². The molecule has 0 aromatic heterocycles. The van der Waals surface area contributed by atoms with Crippen LogP contribution in [-0.2, 0) is 11.2 Å². The van der Waals surface area contributed by atoms with Gasteiger partial charge in [-0.1, -0.05) is 30.4 Å². The van der Waals surface area contributed by atoms with Crippen LogP contribution in [0.25, 0.3) is 0 Å². The fourth-order valence-electron chi connectivity index (χ4n) is 4.18. The van der Waals surface area contributed by atoms with Crippen molar-refractivity contribution < 1.29 is 4.79 Å². The molecule has 1 saturated heterocycles. The third-order valence-corrected chi connectivity index (χ3v) is 5.69. The van der Waals surface area contributed by atoms with Crippen LogP contribution in [0.5, 0.6) is 0 Å². The van der Waals surface area contributed by atoms with Gasteiger partial charge in [-0.3, -0.25) is 14.7 Å². The second kappa shape index (κ2) is 12.3. The van der Waals surface area contributed by atoms with Gasteiger partial charge in [0.15, 0.2) is 5.96 Å². The number of nitrogens with zero attached hydrogens (tertiary/aromatic N) is 3. The van der Waals surface area contributed by atoms with Gasteiger partial charge in [-0.2, -0.15) is 0 Å². The zero-order valence-electron chi connectivity index (χ0n) is 18.3. The molecule has 1 fully saturated rings. The molecule has 3 rings (SSSR count). The molecule has 2 aliphatic rings. The van der Waals surface area contributed by atoms with Crippen LogP contribution in [0.2, 0.25) is 0 Å².